The van der Waals surface area contributed by atoms with Crippen LogP contribution in [0.15, 0.2) is 36.4 Å². The van der Waals surface area contributed by atoms with Crippen molar-refractivity contribution in [1.29, 1.82) is 0 Å². The van der Waals surface area contributed by atoms with E-state index in [1.54, 1.807) is 5.12 Å². The molecule has 3 rings (SSSR count). The molecule has 1 aliphatic heterocycles. The number of para-hydroxylation sites is 2. The Labute approximate surface area is 155 Å². The third-order valence-corrected chi connectivity index (χ3v) is 4.91. The minimum atomic E-state index is 0.305. The van der Waals surface area contributed by atoms with Crippen molar-refractivity contribution in [3.8, 4) is 5.75 Å². The molecule has 1 heterocycles. The second-order valence-electron chi connectivity index (χ2n) is 6.53. The Morgan fingerprint density at radius 2 is 1.72 bits per heavy atom. The molecule has 0 saturated heterocycles. The van der Waals surface area contributed by atoms with Gasteiger partial charge >= 0.3 is 0 Å². The number of benzene rings is 2. The van der Waals surface area contributed by atoms with Gasteiger partial charge in [0.15, 0.2) is 0 Å². The standard InChI is InChI=1S/C20H26ClN3O/c1-3-5-9-15-13-16(10-6-4-2)20(25)19(14-15)24-22-17-11-7-8-12-18(17)23(24)21/h7-8,11-14,22,25H,3-6,9-10H2,1-2H3. The Hall–Kier alpha value is -2.07. The van der Waals surface area contributed by atoms with Crippen LogP contribution >= 0.6 is 11.8 Å². The van der Waals surface area contributed by atoms with Gasteiger partial charge in [0.25, 0.3) is 0 Å². The maximum Gasteiger partial charge on any atom is 0.146 e. The summed E-state index contributed by atoms with van der Waals surface area (Å²) in [6, 6.07) is 12.0. The Morgan fingerprint density at radius 3 is 2.44 bits per heavy atom. The predicted molar refractivity (Wildman–Crippen MR) is 106 cm³/mol. The van der Waals surface area contributed by atoms with E-state index in [0.717, 1.165) is 55.5 Å². The summed E-state index contributed by atoms with van der Waals surface area (Å²) in [5.74, 6) is 0.305. The molecule has 0 amide bonds. The van der Waals surface area contributed by atoms with Crippen LogP contribution in [0.4, 0.5) is 17.1 Å². The average molecular weight is 360 g/mol. The highest BCUT2D eigenvalue weighted by atomic mass is 35.5. The van der Waals surface area contributed by atoms with Gasteiger partial charge < -0.3 is 5.11 Å². The molecule has 2 aromatic rings. The first-order valence-electron chi connectivity index (χ1n) is 9.12. The van der Waals surface area contributed by atoms with Crippen LogP contribution in [-0.4, -0.2) is 5.11 Å². The van der Waals surface area contributed by atoms with E-state index in [1.165, 1.54) is 10.1 Å². The molecular formula is C20H26ClN3O. The van der Waals surface area contributed by atoms with Crippen LogP contribution < -0.4 is 15.1 Å². The van der Waals surface area contributed by atoms with Crippen molar-refractivity contribution in [3.63, 3.8) is 0 Å². The number of nitrogens with zero attached hydrogens (tertiary/aromatic N) is 2. The molecular weight excluding hydrogens is 334 g/mol. The maximum atomic E-state index is 10.9. The number of anilines is 3. The summed E-state index contributed by atoms with van der Waals surface area (Å²) >= 11 is 6.51. The van der Waals surface area contributed by atoms with E-state index < -0.39 is 0 Å². The van der Waals surface area contributed by atoms with Gasteiger partial charge in [0.1, 0.15) is 17.1 Å². The second kappa shape index (κ2) is 7.87. The number of hydrazine groups is 2. The molecule has 0 saturated carbocycles. The third kappa shape index (κ3) is 3.64. The molecule has 0 aliphatic carbocycles. The molecule has 1 aliphatic rings. The monoisotopic (exact) mass is 359 g/mol. The molecule has 0 atom stereocenters. The summed E-state index contributed by atoms with van der Waals surface area (Å²) in [6.45, 7) is 4.36. The van der Waals surface area contributed by atoms with E-state index in [2.05, 4.69) is 25.3 Å². The average Bonchev–Trinajstić information content (AvgIpc) is 2.96. The van der Waals surface area contributed by atoms with Crippen LogP contribution in [0.2, 0.25) is 0 Å². The Morgan fingerprint density at radius 1 is 1.00 bits per heavy atom. The Kier molecular flexibility index (Phi) is 5.59. The first-order chi connectivity index (χ1) is 12.2. The summed E-state index contributed by atoms with van der Waals surface area (Å²) < 4.78 is 1.53. The number of aromatic hydroxyl groups is 1. The van der Waals surface area contributed by atoms with E-state index in [-0.39, 0.29) is 0 Å². The number of aryl methyl sites for hydroxylation is 2. The van der Waals surface area contributed by atoms with Crippen molar-refractivity contribution in [3.05, 3.63) is 47.5 Å². The van der Waals surface area contributed by atoms with E-state index in [1.807, 2.05) is 30.3 Å². The van der Waals surface area contributed by atoms with Crippen molar-refractivity contribution in [2.45, 2.75) is 52.4 Å². The lowest BCUT2D eigenvalue weighted by molar-refractivity contribution is 0.466. The molecule has 0 spiro atoms. The van der Waals surface area contributed by atoms with Crippen LogP contribution in [0.5, 0.6) is 5.75 Å². The zero-order valence-corrected chi connectivity index (χ0v) is 15.7. The van der Waals surface area contributed by atoms with Crippen LogP contribution in [0.25, 0.3) is 0 Å². The fourth-order valence-corrected chi connectivity index (χ4v) is 3.40. The topological polar surface area (TPSA) is 38.7 Å². The molecule has 2 N–H and O–H groups in total. The fraction of sp³-hybridized carbons (Fsp3) is 0.400. The quantitative estimate of drug-likeness (QED) is 0.613. The molecule has 134 valence electrons. The van der Waals surface area contributed by atoms with E-state index in [9.17, 15) is 5.11 Å². The minimum Gasteiger partial charge on any atom is -0.505 e. The number of nitrogens with one attached hydrogen (secondary N) is 1. The number of phenolic OH excluding ortho intramolecular Hbond substituents is 1. The van der Waals surface area contributed by atoms with Gasteiger partial charge in [-0.3, -0.25) is 5.43 Å². The van der Waals surface area contributed by atoms with Crippen molar-refractivity contribution in [1.82, 2.24) is 0 Å². The minimum absolute atomic E-state index is 0.305. The van der Waals surface area contributed by atoms with E-state index in [4.69, 9.17) is 11.8 Å². The predicted octanol–water partition coefficient (Wildman–Crippen LogP) is 5.80. The van der Waals surface area contributed by atoms with Gasteiger partial charge in [-0.1, -0.05) is 44.9 Å². The van der Waals surface area contributed by atoms with Gasteiger partial charge in [0.05, 0.1) is 5.69 Å². The smallest absolute Gasteiger partial charge is 0.146 e. The zero-order valence-electron chi connectivity index (χ0n) is 14.9. The van der Waals surface area contributed by atoms with Crippen molar-refractivity contribution in [2.24, 2.45) is 0 Å². The van der Waals surface area contributed by atoms with Crippen molar-refractivity contribution < 1.29 is 5.11 Å². The normalized spacial score (nSPS) is 13.1. The summed E-state index contributed by atoms with van der Waals surface area (Å²) in [5, 5.41) is 12.6. The highest BCUT2D eigenvalue weighted by Gasteiger charge is 2.29. The van der Waals surface area contributed by atoms with E-state index in [0.29, 0.717) is 11.4 Å². The number of hydrogen-bond donors (Lipinski definition) is 2. The number of unbranched alkanes of at least 4 members (excludes halogenated alkanes) is 2. The first-order valence-corrected chi connectivity index (χ1v) is 9.45. The highest BCUT2D eigenvalue weighted by Crippen LogP contribution is 2.42. The van der Waals surface area contributed by atoms with Crippen LogP contribution in [-0.2, 0) is 12.8 Å². The summed E-state index contributed by atoms with van der Waals surface area (Å²) in [4.78, 5) is 0. The number of fused-ring (bicyclic) bond motifs is 1. The van der Waals surface area contributed by atoms with Gasteiger partial charge in [-0.2, -0.15) is 9.65 Å². The van der Waals surface area contributed by atoms with Gasteiger partial charge in [-0.15, -0.1) is 0 Å². The van der Waals surface area contributed by atoms with Crippen LogP contribution in [0, 0.1) is 0 Å². The summed E-state index contributed by atoms with van der Waals surface area (Å²) in [7, 11) is 0. The summed E-state index contributed by atoms with van der Waals surface area (Å²) in [6.07, 6.45) is 6.32. The molecule has 0 radical (unpaired) electrons. The van der Waals surface area contributed by atoms with Crippen LogP contribution in [0.1, 0.15) is 50.7 Å². The van der Waals surface area contributed by atoms with Crippen molar-refractivity contribution >= 4 is 28.8 Å². The number of halogens is 1. The fourth-order valence-electron chi connectivity index (χ4n) is 3.14. The zero-order chi connectivity index (χ0) is 17.8. The van der Waals surface area contributed by atoms with Gasteiger partial charge in [-0.25, -0.2) is 0 Å². The molecule has 0 bridgehead atoms. The Bertz CT molecular complexity index is 735. The number of hydrogen-bond acceptors (Lipinski definition) is 4. The molecule has 2 aromatic carbocycles. The first kappa shape index (κ1) is 17.7. The number of phenols is 1. The van der Waals surface area contributed by atoms with Gasteiger partial charge in [-0.05, 0) is 55.0 Å². The Balaban J connectivity index is 1.97. The lowest BCUT2D eigenvalue weighted by Crippen LogP contribution is -2.35. The second-order valence-corrected chi connectivity index (χ2v) is 6.85. The number of rotatable bonds is 7. The molecule has 25 heavy (non-hydrogen) atoms. The largest absolute Gasteiger partial charge is 0.505 e. The molecule has 0 aromatic heterocycles. The molecule has 5 heteroatoms. The lowest BCUT2D eigenvalue weighted by atomic mass is 10.00. The van der Waals surface area contributed by atoms with E-state index >= 15 is 0 Å². The maximum absolute atomic E-state index is 10.9. The van der Waals surface area contributed by atoms with Crippen LogP contribution in [0.3, 0.4) is 0 Å². The SMILES string of the molecule is CCCCc1cc(CCCC)c(O)c(N2Nc3ccccc3N2Cl)c1. The molecule has 4 nitrogen and oxygen atoms in total. The molecule has 0 fully saturated rings. The lowest BCUT2D eigenvalue weighted by Gasteiger charge is -2.26. The third-order valence-electron chi connectivity index (χ3n) is 4.58. The van der Waals surface area contributed by atoms with Gasteiger partial charge in [0.2, 0.25) is 0 Å². The summed E-state index contributed by atoms with van der Waals surface area (Å²) in [5.41, 5.74) is 8.00. The molecule has 0 unspecified atom stereocenters. The van der Waals surface area contributed by atoms with Crippen molar-refractivity contribution in [2.75, 3.05) is 15.1 Å². The van der Waals surface area contributed by atoms with Gasteiger partial charge in [0, 0.05) is 11.8 Å². The highest BCUT2D eigenvalue weighted by molar-refractivity contribution is 6.28.